The fraction of sp³-hybridized carbons (Fsp3) is 0.900. The van der Waals surface area contributed by atoms with E-state index >= 15 is 0 Å². The minimum Gasteiger partial charge on any atom is -0.373 e. The van der Waals surface area contributed by atoms with Crippen molar-refractivity contribution in [2.75, 3.05) is 46.9 Å². The molecule has 1 atom stereocenters. The number of nitrogens with zero attached hydrogens (tertiary/aromatic N) is 2. The van der Waals surface area contributed by atoms with Crippen LogP contribution >= 0.6 is 0 Å². The van der Waals surface area contributed by atoms with E-state index in [9.17, 15) is 4.79 Å². The standard InChI is InChI=1S/C10H21N3O2/c1-4-12(3)10(14)13-5-6-15-9(8-13)7-11-2/h9,11H,4-8H2,1-3H3. The quantitative estimate of drug-likeness (QED) is 0.719. The zero-order chi connectivity index (χ0) is 11.3. The van der Waals surface area contributed by atoms with Gasteiger partial charge in [-0.25, -0.2) is 4.79 Å². The van der Waals surface area contributed by atoms with Gasteiger partial charge in [-0.05, 0) is 14.0 Å². The third-order valence-corrected chi connectivity index (χ3v) is 2.64. The molecule has 0 aromatic rings. The van der Waals surface area contributed by atoms with Crippen molar-refractivity contribution in [1.82, 2.24) is 15.1 Å². The molecule has 1 aliphatic heterocycles. The molecule has 0 spiro atoms. The average molecular weight is 215 g/mol. The second kappa shape index (κ2) is 5.92. The molecule has 88 valence electrons. The third-order valence-electron chi connectivity index (χ3n) is 2.64. The van der Waals surface area contributed by atoms with Gasteiger partial charge in [-0.1, -0.05) is 0 Å². The smallest absolute Gasteiger partial charge is 0.319 e. The summed E-state index contributed by atoms with van der Waals surface area (Å²) in [5.74, 6) is 0. The molecule has 5 heteroatoms. The van der Waals surface area contributed by atoms with Gasteiger partial charge in [-0.15, -0.1) is 0 Å². The molecule has 5 nitrogen and oxygen atoms in total. The van der Waals surface area contributed by atoms with E-state index in [1.165, 1.54) is 0 Å². The predicted molar refractivity (Wildman–Crippen MR) is 58.9 cm³/mol. The first-order valence-electron chi connectivity index (χ1n) is 5.45. The van der Waals surface area contributed by atoms with Crippen LogP contribution in [-0.4, -0.2) is 68.8 Å². The second-order valence-electron chi connectivity index (χ2n) is 3.79. The van der Waals surface area contributed by atoms with Crippen LogP contribution < -0.4 is 5.32 Å². The van der Waals surface area contributed by atoms with E-state index in [-0.39, 0.29) is 12.1 Å². The molecular formula is C10H21N3O2. The molecule has 15 heavy (non-hydrogen) atoms. The predicted octanol–water partition coefficient (Wildman–Crippen LogP) is -0.0217. The van der Waals surface area contributed by atoms with E-state index in [2.05, 4.69) is 5.32 Å². The van der Waals surface area contributed by atoms with Gasteiger partial charge in [-0.3, -0.25) is 0 Å². The SMILES string of the molecule is CCN(C)C(=O)N1CCOC(CNC)C1. The summed E-state index contributed by atoms with van der Waals surface area (Å²) in [5.41, 5.74) is 0. The Balaban J connectivity index is 2.44. The van der Waals surface area contributed by atoms with Gasteiger partial charge in [0.05, 0.1) is 12.7 Å². The number of rotatable bonds is 3. The molecule has 0 aromatic carbocycles. The molecular weight excluding hydrogens is 194 g/mol. The molecule has 1 saturated heterocycles. The molecule has 0 aromatic heterocycles. The lowest BCUT2D eigenvalue weighted by molar-refractivity contribution is -0.0160. The average Bonchev–Trinajstić information content (AvgIpc) is 2.28. The number of carbonyl (C=O) groups excluding carboxylic acids is 1. The highest BCUT2D eigenvalue weighted by atomic mass is 16.5. The highest BCUT2D eigenvalue weighted by molar-refractivity contribution is 5.74. The van der Waals surface area contributed by atoms with Crippen molar-refractivity contribution in [2.45, 2.75) is 13.0 Å². The molecule has 1 aliphatic rings. The fourth-order valence-corrected chi connectivity index (χ4v) is 1.62. The van der Waals surface area contributed by atoms with Crippen molar-refractivity contribution in [3.8, 4) is 0 Å². The lowest BCUT2D eigenvalue weighted by Gasteiger charge is -2.35. The summed E-state index contributed by atoms with van der Waals surface area (Å²) in [5, 5.41) is 3.06. The number of hydrogen-bond donors (Lipinski definition) is 1. The van der Waals surface area contributed by atoms with Crippen molar-refractivity contribution in [2.24, 2.45) is 0 Å². The minimum absolute atomic E-state index is 0.0990. The van der Waals surface area contributed by atoms with Crippen molar-refractivity contribution >= 4 is 6.03 Å². The first-order valence-corrected chi connectivity index (χ1v) is 5.45. The third kappa shape index (κ3) is 3.35. The number of urea groups is 1. The maximum absolute atomic E-state index is 11.9. The van der Waals surface area contributed by atoms with Gasteiger partial charge in [0.1, 0.15) is 0 Å². The van der Waals surface area contributed by atoms with E-state index < -0.39 is 0 Å². The van der Waals surface area contributed by atoms with Gasteiger partial charge in [0.25, 0.3) is 0 Å². The Bertz CT molecular complexity index is 209. The second-order valence-corrected chi connectivity index (χ2v) is 3.79. The topological polar surface area (TPSA) is 44.8 Å². The molecule has 1 fully saturated rings. The fourth-order valence-electron chi connectivity index (χ4n) is 1.62. The Labute approximate surface area is 91.4 Å². The minimum atomic E-state index is 0.0990. The number of likely N-dealkylation sites (N-methyl/N-ethyl adjacent to an activating group) is 1. The molecule has 1 heterocycles. The molecule has 0 bridgehead atoms. The number of amides is 2. The van der Waals surface area contributed by atoms with E-state index in [1.807, 2.05) is 25.9 Å². The molecule has 0 radical (unpaired) electrons. The van der Waals surface area contributed by atoms with Crippen LogP contribution in [0.2, 0.25) is 0 Å². The molecule has 2 amide bonds. The molecule has 0 saturated carbocycles. The van der Waals surface area contributed by atoms with Crippen LogP contribution in [0.25, 0.3) is 0 Å². The Morgan fingerprint density at radius 1 is 1.67 bits per heavy atom. The molecule has 1 N–H and O–H groups in total. The lowest BCUT2D eigenvalue weighted by atomic mass is 10.3. The van der Waals surface area contributed by atoms with E-state index in [1.54, 1.807) is 4.90 Å². The van der Waals surface area contributed by atoms with Gasteiger partial charge in [-0.2, -0.15) is 0 Å². The summed E-state index contributed by atoms with van der Waals surface area (Å²) in [6.45, 7) is 5.53. The molecule has 1 unspecified atom stereocenters. The highest BCUT2D eigenvalue weighted by Crippen LogP contribution is 2.06. The van der Waals surface area contributed by atoms with Crippen molar-refractivity contribution in [1.29, 1.82) is 0 Å². The Morgan fingerprint density at radius 2 is 2.40 bits per heavy atom. The summed E-state index contributed by atoms with van der Waals surface area (Å²) < 4.78 is 5.54. The number of ether oxygens (including phenoxy) is 1. The maximum atomic E-state index is 11.9. The Morgan fingerprint density at radius 3 is 3.00 bits per heavy atom. The van der Waals surface area contributed by atoms with Gasteiger partial charge >= 0.3 is 6.03 Å². The monoisotopic (exact) mass is 215 g/mol. The van der Waals surface area contributed by atoms with E-state index in [0.29, 0.717) is 19.7 Å². The summed E-state index contributed by atoms with van der Waals surface area (Å²) in [7, 11) is 3.72. The number of morpholine rings is 1. The maximum Gasteiger partial charge on any atom is 0.319 e. The number of hydrogen-bond acceptors (Lipinski definition) is 3. The van der Waals surface area contributed by atoms with Crippen molar-refractivity contribution in [3.05, 3.63) is 0 Å². The molecule has 0 aliphatic carbocycles. The van der Waals surface area contributed by atoms with Crippen LogP contribution in [0.15, 0.2) is 0 Å². The Hall–Kier alpha value is -0.810. The van der Waals surface area contributed by atoms with Crippen molar-refractivity contribution in [3.63, 3.8) is 0 Å². The highest BCUT2D eigenvalue weighted by Gasteiger charge is 2.25. The lowest BCUT2D eigenvalue weighted by Crippen LogP contribution is -2.52. The summed E-state index contributed by atoms with van der Waals surface area (Å²) in [6.07, 6.45) is 0.123. The normalized spacial score (nSPS) is 21.5. The summed E-state index contributed by atoms with van der Waals surface area (Å²) in [6, 6.07) is 0.0990. The van der Waals surface area contributed by atoms with Crippen LogP contribution in [0.5, 0.6) is 0 Å². The van der Waals surface area contributed by atoms with Crippen molar-refractivity contribution < 1.29 is 9.53 Å². The largest absolute Gasteiger partial charge is 0.373 e. The van der Waals surface area contributed by atoms with Crippen LogP contribution in [0.1, 0.15) is 6.92 Å². The number of nitrogens with one attached hydrogen (secondary N) is 1. The van der Waals surface area contributed by atoms with E-state index in [4.69, 9.17) is 4.74 Å². The van der Waals surface area contributed by atoms with Crippen LogP contribution in [-0.2, 0) is 4.74 Å². The van der Waals surface area contributed by atoms with Gasteiger partial charge in [0.15, 0.2) is 0 Å². The summed E-state index contributed by atoms with van der Waals surface area (Å²) >= 11 is 0. The first kappa shape index (κ1) is 12.3. The van der Waals surface area contributed by atoms with Gasteiger partial charge in [0, 0.05) is 33.2 Å². The first-order chi connectivity index (χ1) is 7.19. The van der Waals surface area contributed by atoms with Crippen LogP contribution in [0.3, 0.4) is 0 Å². The Kier molecular flexibility index (Phi) is 4.84. The molecule has 1 rings (SSSR count). The number of carbonyl (C=O) groups is 1. The van der Waals surface area contributed by atoms with Crippen LogP contribution in [0, 0.1) is 0 Å². The zero-order valence-electron chi connectivity index (χ0n) is 9.82. The van der Waals surface area contributed by atoms with Gasteiger partial charge < -0.3 is 19.9 Å². The van der Waals surface area contributed by atoms with Gasteiger partial charge in [0.2, 0.25) is 0 Å². The summed E-state index contributed by atoms with van der Waals surface area (Å²) in [4.78, 5) is 15.4. The van der Waals surface area contributed by atoms with E-state index in [0.717, 1.165) is 13.1 Å². The zero-order valence-corrected chi connectivity index (χ0v) is 9.82. The van der Waals surface area contributed by atoms with Crippen LogP contribution in [0.4, 0.5) is 4.79 Å².